The van der Waals surface area contributed by atoms with Gasteiger partial charge in [0.1, 0.15) is 6.54 Å². The van der Waals surface area contributed by atoms with Crippen LogP contribution >= 0.6 is 24.0 Å². The lowest BCUT2D eigenvalue weighted by Gasteiger charge is -2.23. The highest BCUT2D eigenvalue weighted by molar-refractivity contribution is 14.0. The van der Waals surface area contributed by atoms with Gasteiger partial charge < -0.3 is 19.9 Å². The zero-order chi connectivity index (χ0) is 16.9. The molecule has 3 rings (SSSR count). The molecule has 1 amide bonds. The molecule has 0 bridgehead atoms. The minimum Gasteiger partial charge on any atom is -0.376 e. The predicted molar refractivity (Wildman–Crippen MR) is 110 cm³/mol. The van der Waals surface area contributed by atoms with Crippen molar-refractivity contribution in [2.45, 2.75) is 44.6 Å². The number of nitrogens with zero attached hydrogens (tertiary/aromatic N) is 3. The maximum atomic E-state index is 11.9. The van der Waals surface area contributed by atoms with Gasteiger partial charge in [0.15, 0.2) is 5.96 Å². The topological polar surface area (TPSA) is 57.2 Å². The maximum Gasteiger partial charge on any atom is 0.243 e. The van der Waals surface area contributed by atoms with Crippen molar-refractivity contribution in [1.29, 1.82) is 0 Å². The first-order chi connectivity index (χ1) is 11.6. The molecule has 2 aliphatic heterocycles. The second-order valence-corrected chi connectivity index (χ2v) is 7.65. The monoisotopic (exact) mass is 464 g/mol. The summed E-state index contributed by atoms with van der Waals surface area (Å²) in [5.74, 6) is 2.55. The van der Waals surface area contributed by atoms with Crippen molar-refractivity contribution in [2.24, 2.45) is 16.8 Å². The first-order valence-electron chi connectivity index (χ1n) is 9.48. The molecular formula is C18H33IN4O2. The van der Waals surface area contributed by atoms with Crippen molar-refractivity contribution >= 4 is 35.8 Å². The molecule has 3 unspecified atom stereocenters. The van der Waals surface area contributed by atoms with Crippen LogP contribution in [0.1, 0.15) is 38.5 Å². The van der Waals surface area contributed by atoms with E-state index in [-0.39, 0.29) is 42.5 Å². The number of hydrogen-bond donors (Lipinski definition) is 1. The number of halogens is 1. The summed E-state index contributed by atoms with van der Waals surface area (Å²) >= 11 is 0. The van der Waals surface area contributed by atoms with Crippen molar-refractivity contribution < 1.29 is 9.53 Å². The number of fused-ring (bicyclic) bond motifs is 1. The Kier molecular flexibility index (Phi) is 8.25. The Morgan fingerprint density at radius 1 is 1.16 bits per heavy atom. The number of rotatable bonds is 4. The normalized spacial score (nSPS) is 29.1. The zero-order valence-corrected chi connectivity index (χ0v) is 17.9. The lowest BCUT2D eigenvalue weighted by atomic mass is 9.82. The molecule has 0 radical (unpaired) electrons. The van der Waals surface area contributed by atoms with E-state index in [9.17, 15) is 4.79 Å². The summed E-state index contributed by atoms with van der Waals surface area (Å²) in [6.07, 6.45) is 7.96. The third-order valence-corrected chi connectivity index (χ3v) is 5.65. The van der Waals surface area contributed by atoms with Gasteiger partial charge in [-0.25, -0.2) is 4.99 Å². The quantitative estimate of drug-likeness (QED) is 0.393. The lowest BCUT2D eigenvalue weighted by molar-refractivity contribution is -0.127. The molecule has 0 aromatic rings. The van der Waals surface area contributed by atoms with Crippen LogP contribution in [0, 0.1) is 11.8 Å². The van der Waals surface area contributed by atoms with Gasteiger partial charge in [0, 0.05) is 40.3 Å². The van der Waals surface area contributed by atoms with E-state index < -0.39 is 0 Å². The van der Waals surface area contributed by atoms with Gasteiger partial charge in [-0.3, -0.25) is 4.79 Å². The van der Waals surface area contributed by atoms with E-state index in [0.717, 1.165) is 56.9 Å². The molecule has 3 aliphatic rings. The molecule has 2 heterocycles. The van der Waals surface area contributed by atoms with E-state index in [0.29, 0.717) is 0 Å². The van der Waals surface area contributed by atoms with Gasteiger partial charge in [-0.2, -0.15) is 0 Å². The maximum absolute atomic E-state index is 11.9. The van der Waals surface area contributed by atoms with E-state index in [1.165, 1.54) is 25.7 Å². The molecule has 1 N–H and O–H groups in total. The summed E-state index contributed by atoms with van der Waals surface area (Å²) in [6, 6.07) is 0. The number of amides is 1. The number of ether oxygens (including phenoxy) is 1. The van der Waals surface area contributed by atoms with E-state index in [1.54, 1.807) is 19.0 Å². The summed E-state index contributed by atoms with van der Waals surface area (Å²) in [7, 11) is 3.56. The third kappa shape index (κ3) is 5.70. The molecule has 3 atom stereocenters. The van der Waals surface area contributed by atoms with E-state index >= 15 is 0 Å². The molecule has 1 saturated carbocycles. The van der Waals surface area contributed by atoms with Crippen molar-refractivity contribution in [2.75, 3.05) is 46.9 Å². The SMILES string of the molecule is CN(C)C(=O)CN=C(NCC1CCCO1)N1CC2CCCCC2C1.I. The predicted octanol–water partition coefficient (Wildman–Crippen LogP) is 1.94. The van der Waals surface area contributed by atoms with Gasteiger partial charge in [0.25, 0.3) is 0 Å². The number of likely N-dealkylation sites (tertiary alicyclic amines) is 1. The Morgan fingerprint density at radius 3 is 2.40 bits per heavy atom. The van der Waals surface area contributed by atoms with Crippen molar-refractivity contribution in [3.05, 3.63) is 0 Å². The number of likely N-dealkylation sites (N-methyl/N-ethyl adjacent to an activating group) is 1. The first kappa shape index (κ1) is 20.7. The fraction of sp³-hybridized carbons (Fsp3) is 0.889. The summed E-state index contributed by atoms with van der Waals surface area (Å²) < 4.78 is 5.71. The van der Waals surface area contributed by atoms with E-state index in [1.807, 2.05) is 0 Å². The lowest BCUT2D eigenvalue weighted by Crippen LogP contribution is -2.44. The van der Waals surface area contributed by atoms with Crippen LogP contribution in [0.25, 0.3) is 0 Å². The Labute approximate surface area is 168 Å². The van der Waals surface area contributed by atoms with Gasteiger partial charge in [-0.1, -0.05) is 12.8 Å². The highest BCUT2D eigenvalue weighted by Gasteiger charge is 2.35. The molecule has 6 nitrogen and oxygen atoms in total. The van der Waals surface area contributed by atoms with Gasteiger partial charge >= 0.3 is 0 Å². The highest BCUT2D eigenvalue weighted by atomic mass is 127. The number of nitrogens with one attached hydrogen (secondary N) is 1. The second-order valence-electron chi connectivity index (χ2n) is 7.65. The van der Waals surface area contributed by atoms with Crippen LogP contribution < -0.4 is 5.32 Å². The zero-order valence-electron chi connectivity index (χ0n) is 15.6. The van der Waals surface area contributed by atoms with Gasteiger partial charge in [-0.15, -0.1) is 24.0 Å². The van der Waals surface area contributed by atoms with Crippen molar-refractivity contribution in [3.8, 4) is 0 Å². The summed E-state index contributed by atoms with van der Waals surface area (Å²) in [5, 5.41) is 3.49. The average Bonchev–Trinajstić information content (AvgIpc) is 3.23. The molecule has 144 valence electrons. The summed E-state index contributed by atoms with van der Waals surface area (Å²) in [5.41, 5.74) is 0. The molecule has 0 aromatic heterocycles. The Balaban J connectivity index is 0.00000225. The number of aliphatic imine (C=N–C) groups is 1. The standard InChI is InChI=1S/C18H32N4O2.HI/c1-21(2)17(23)11-20-18(19-10-16-8-5-9-24-16)22-12-14-6-3-4-7-15(14)13-22;/h14-16H,3-13H2,1-2H3,(H,19,20);1H. The minimum absolute atomic E-state index is 0. The van der Waals surface area contributed by atoms with Gasteiger partial charge in [-0.05, 0) is 37.5 Å². The van der Waals surface area contributed by atoms with Crippen LogP contribution in [0.2, 0.25) is 0 Å². The fourth-order valence-electron chi connectivity index (χ4n) is 4.14. The number of guanidine groups is 1. The molecule has 7 heteroatoms. The first-order valence-corrected chi connectivity index (χ1v) is 9.48. The number of hydrogen-bond acceptors (Lipinski definition) is 3. The molecular weight excluding hydrogens is 431 g/mol. The van der Waals surface area contributed by atoms with E-state index in [2.05, 4.69) is 15.2 Å². The summed E-state index contributed by atoms with van der Waals surface area (Å²) in [6.45, 7) is 4.04. The van der Waals surface area contributed by atoms with Crippen LogP contribution in [0.3, 0.4) is 0 Å². The Hall–Kier alpha value is -0.570. The molecule has 3 fully saturated rings. The molecule has 1 aliphatic carbocycles. The van der Waals surface area contributed by atoms with Crippen LogP contribution in [0.5, 0.6) is 0 Å². The van der Waals surface area contributed by atoms with Crippen LogP contribution in [-0.2, 0) is 9.53 Å². The van der Waals surface area contributed by atoms with Crippen molar-refractivity contribution in [3.63, 3.8) is 0 Å². The molecule has 25 heavy (non-hydrogen) atoms. The Bertz CT molecular complexity index is 452. The van der Waals surface area contributed by atoms with E-state index in [4.69, 9.17) is 4.74 Å². The molecule has 2 saturated heterocycles. The number of carbonyl (C=O) groups excluding carboxylic acids is 1. The highest BCUT2D eigenvalue weighted by Crippen LogP contribution is 2.35. The summed E-state index contributed by atoms with van der Waals surface area (Å²) in [4.78, 5) is 20.5. The fourth-order valence-corrected chi connectivity index (χ4v) is 4.14. The third-order valence-electron chi connectivity index (χ3n) is 5.65. The van der Waals surface area contributed by atoms with Crippen LogP contribution in [0.15, 0.2) is 4.99 Å². The largest absolute Gasteiger partial charge is 0.376 e. The van der Waals surface area contributed by atoms with Crippen LogP contribution in [0.4, 0.5) is 0 Å². The second kappa shape index (κ2) is 9.94. The average molecular weight is 464 g/mol. The van der Waals surface area contributed by atoms with Crippen molar-refractivity contribution in [1.82, 2.24) is 15.1 Å². The molecule has 0 spiro atoms. The molecule has 0 aromatic carbocycles. The van der Waals surface area contributed by atoms with Gasteiger partial charge in [0.05, 0.1) is 6.10 Å². The van der Waals surface area contributed by atoms with Crippen LogP contribution in [-0.4, -0.2) is 74.7 Å². The minimum atomic E-state index is 0. The smallest absolute Gasteiger partial charge is 0.243 e. The van der Waals surface area contributed by atoms with Gasteiger partial charge in [0.2, 0.25) is 5.91 Å². The Morgan fingerprint density at radius 2 is 1.84 bits per heavy atom. The number of carbonyl (C=O) groups is 1.